The number of halogens is 1. The lowest BCUT2D eigenvalue weighted by Crippen LogP contribution is -2.48. The smallest absolute Gasteiger partial charge is 0.214 e. The van der Waals surface area contributed by atoms with Crippen molar-refractivity contribution in [1.29, 1.82) is 0 Å². The second kappa shape index (κ2) is 8.23. The van der Waals surface area contributed by atoms with Crippen LogP contribution >= 0.6 is 12.4 Å². The molecule has 1 rings (SSSR count). The summed E-state index contributed by atoms with van der Waals surface area (Å²) in [4.78, 5) is 0. The molecule has 8 heteroatoms. The molecule has 6 nitrogen and oxygen atoms in total. The Morgan fingerprint density at radius 3 is 2.82 bits per heavy atom. The number of nitrogens with two attached hydrogens (primary N) is 1. The van der Waals surface area contributed by atoms with Crippen molar-refractivity contribution in [3.63, 3.8) is 0 Å². The van der Waals surface area contributed by atoms with Crippen LogP contribution in [0.1, 0.15) is 6.42 Å². The average Bonchev–Trinajstić information content (AvgIpc) is 2.29. The maximum absolute atomic E-state index is 11.9. The molecule has 0 aromatic carbocycles. The number of rotatable bonds is 6. The van der Waals surface area contributed by atoms with Crippen LogP contribution in [-0.2, 0) is 19.5 Å². The number of sulfonamides is 1. The Bertz CT molecular complexity index is 299. The van der Waals surface area contributed by atoms with E-state index >= 15 is 0 Å². The molecule has 1 atom stereocenters. The number of ether oxygens (including phenoxy) is 2. The molecule has 1 saturated heterocycles. The molecule has 0 spiro atoms. The highest BCUT2D eigenvalue weighted by Gasteiger charge is 2.28. The first-order valence-corrected chi connectivity index (χ1v) is 6.99. The lowest BCUT2D eigenvalue weighted by molar-refractivity contribution is 0.00447. The highest BCUT2D eigenvalue weighted by Crippen LogP contribution is 2.10. The van der Waals surface area contributed by atoms with Gasteiger partial charge in [-0.15, -0.1) is 12.4 Å². The maximum Gasteiger partial charge on any atom is 0.214 e. The number of hydrogen-bond acceptors (Lipinski definition) is 5. The van der Waals surface area contributed by atoms with Crippen LogP contribution in [0.25, 0.3) is 0 Å². The minimum Gasteiger partial charge on any atom is -0.385 e. The quantitative estimate of drug-likeness (QED) is 0.662. The van der Waals surface area contributed by atoms with Crippen molar-refractivity contribution in [1.82, 2.24) is 4.31 Å². The highest BCUT2D eigenvalue weighted by molar-refractivity contribution is 7.89. The average molecular weight is 289 g/mol. The van der Waals surface area contributed by atoms with Crippen LogP contribution in [0.5, 0.6) is 0 Å². The first-order valence-electron chi connectivity index (χ1n) is 5.38. The van der Waals surface area contributed by atoms with E-state index in [1.54, 1.807) is 7.11 Å². The van der Waals surface area contributed by atoms with Crippen LogP contribution in [-0.4, -0.2) is 64.5 Å². The van der Waals surface area contributed by atoms with Gasteiger partial charge in [-0.3, -0.25) is 0 Å². The Kier molecular flexibility index (Phi) is 8.27. The normalized spacial score (nSPS) is 22.1. The summed E-state index contributed by atoms with van der Waals surface area (Å²) >= 11 is 0. The van der Waals surface area contributed by atoms with E-state index in [4.69, 9.17) is 15.2 Å². The van der Waals surface area contributed by atoms with Gasteiger partial charge in [0.2, 0.25) is 10.0 Å². The Balaban J connectivity index is 0.00000256. The second-order valence-electron chi connectivity index (χ2n) is 3.75. The summed E-state index contributed by atoms with van der Waals surface area (Å²) < 4.78 is 35.4. The third kappa shape index (κ3) is 5.50. The standard InChI is InChI=1S/C9H20N2O4S.ClH/c1-14-4-2-6-16(12,13)11-3-5-15-9(7-10)8-11;/h9H,2-8,10H2,1H3;1H. The molecule has 1 fully saturated rings. The molecule has 104 valence electrons. The molecule has 0 saturated carbocycles. The summed E-state index contributed by atoms with van der Waals surface area (Å²) in [5.74, 6) is 0.123. The molecule has 0 aromatic rings. The van der Waals surface area contributed by atoms with Crippen molar-refractivity contribution in [2.45, 2.75) is 12.5 Å². The minimum atomic E-state index is -3.18. The van der Waals surface area contributed by atoms with Gasteiger partial charge < -0.3 is 15.2 Å². The monoisotopic (exact) mass is 288 g/mol. The van der Waals surface area contributed by atoms with Crippen LogP contribution in [0, 0.1) is 0 Å². The van der Waals surface area contributed by atoms with Crippen molar-refractivity contribution >= 4 is 22.4 Å². The Labute approximate surface area is 109 Å². The fraction of sp³-hybridized carbons (Fsp3) is 1.00. The van der Waals surface area contributed by atoms with Crippen LogP contribution < -0.4 is 5.73 Å². The summed E-state index contributed by atoms with van der Waals surface area (Å²) in [7, 11) is -1.62. The molecule has 1 unspecified atom stereocenters. The molecule has 1 aliphatic heterocycles. The molecule has 1 aliphatic rings. The van der Waals surface area contributed by atoms with Gasteiger partial charge in [-0.05, 0) is 6.42 Å². The first kappa shape index (κ1) is 17.1. The van der Waals surface area contributed by atoms with Gasteiger partial charge in [-0.2, -0.15) is 4.31 Å². The van der Waals surface area contributed by atoms with E-state index in [-0.39, 0.29) is 24.3 Å². The zero-order valence-corrected chi connectivity index (χ0v) is 11.6. The predicted molar refractivity (Wildman–Crippen MR) is 67.9 cm³/mol. The van der Waals surface area contributed by atoms with Gasteiger partial charge >= 0.3 is 0 Å². The van der Waals surface area contributed by atoms with E-state index < -0.39 is 10.0 Å². The summed E-state index contributed by atoms with van der Waals surface area (Å²) in [6, 6.07) is 0. The van der Waals surface area contributed by atoms with E-state index in [1.807, 2.05) is 0 Å². The molecular weight excluding hydrogens is 268 g/mol. The predicted octanol–water partition coefficient (Wildman–Crippen LogP) is -0.566. The Morgan fingerprint density at radius 2 is 2.24 bits per heavy atom. The fourth-order valence-corrected chi connectivity index (χ4v) is 3.09. The lowest BCUT2D eigenvalue weighted by atomic mass is 10.3. The molecule has 1 heterocycles. The van der Waals surface area contributed by atoms with E-state index in [0.29, 0.717) is 39.3 Å². The summed E-state index contributed by atoms with van der Waals surface area (Å²) in [6.45, 7) is 2.02. The number of nitrogens with zero attached hydrogens (tertiary/aromatic N) is 1. The molecule has 2 N–H and O–H groups in total. The number of morpholine rings is 1. The highest BCUT2D eigenvalue weighted by atomic mass is 35.5. The van der Waals surface area contributed by atoms with Gasteiger partial charge in [0.15, 0.2) is 0 Å². The summed E-state index contributed by atoms with van der Waals surface area (Å²) in [6.07, 6.45) is 0.342. The van der Waals surface area contributed by atoms with Crippen molar-refractivity contribution < 1.29 is 17.9 Å². The first-order chi connectivity index (χ1) is 7.60. The molecule has 0 aromatic heterocycles. The Morgan fingerprint density at radius 1 is 1.53 bits per heavy atom. The van der Waals surface area contributed by atoms with Crippen LogP contribution in [0.3, 0.4) is 0 Å². The minimum absolute atomic E-state index is 0. The van der Waals surface area contributed by atoms with Crippen molar-refractivity contribution in [3.8, 4) is 0 Å². The lowest BCUT2D eigenvalue weighted by Gasteiger charge is -2.31. The maximum atomic E-state index is 11.9. The van der Waals surface area contributed by atoms with Crippen molar-refractivity contribution in [2.75, 3.05) is 45.7 Å². The third-order valence-electron chi connectivity index (χ3n) is 2.51. The molecule has 17 heavy (non-hydrogen) atoms. The number of methoxy groups -OCH3 is 1. The topological polar surface area (TPSA) is 81.9 Å². The van der Waals surface area contributed by atoms with Gasteiger partial charge in [0.1, 0.15) is 0 Å². The van der Waals surface area contributed by atoms with Crippen molar-refractivity contribution in [2.24, 2.45) is 5.73 Å². The van der Waals surface area contributed by atoms with Crippen LogP contribution in [0.4, 0.5) is 0 Å². The molecule has 0 aliphatic carbocycles. The van der Waals surface area contributed by atoms with E-state index in [2.05, 4.69) is 0 Å². The van der Waals surface area contributed by atoms with Gasteiger partial charge in [0.05, 0.1) is 18.5 Å². The van der Waals surface area contributed by atoms with Gasteiger partial charge in [0, 0.05) is 33.4 Å². The van der Waals surface area contributed by atoms with Gasteiger partial charge in [0.25, 0.3) is 0 Å². The summed E-state index contributed by atoms with van der Waals surface area (Å²) in [5.41, 5.74) is 5.46. The zero-order chi connectivity index (χ0) is 12.0. The van der Waals surface area contributed by atoms with Gasteiger partial charge in [-0.25, -0.2) is 8.42 Å². The Hall–Kier alpha value is 0.0800. The molecule has 0 amide bonds. The summed E-state index contributed by atoms with van der Waals surface area (Å²) in [5, 5.41) is 0. The molecule has 0 bridgehead atoms. The zero-order valence-electron chi connectivity index (χ0n) is 10.0. The van der Waals surface area contributed by atoms with Crippen LogP contribution in [0.15, 0.2) is 0 Å². The number of hydrogen-bond donors (Lipinski definition) is 1. The third-order valence-corrected chi connectivity index (χ3v) is 4.43. The van der Waals surface area contributed by atoms with E-state index in [9.17, 15) is 8.42 Å². The second-order valence-corrected chi connectivity index (χ2v) is 5.84. The fourth-order valence-electron chi connectivity index (χ4n) is 1.60. The molecular formula is C9H21ClN2O4S. The molecule has 0 radical (unpaired) electrons. The van der Waals surface area contributed by atoms with E-state index in [0.717, 1.165) is 0 Å². The largest absolute Gasteiger partial charge is 0.385 e. The van der Waals surface area contributed by atoms with Crippen LogP contribution in [0.2, 0.25) is 0 Å². The van der Waals surface area contributed by atoms with E-state index in [1.165, 1.54) is 4.31 Å². The van der Waals surface area contributed by atoms with Gasteiger partial charge in [-0.1, -0.05) is 0 Å². The van der Waals surface area contributed by atoms with Crippen molar-refractivity contribution in [3.05, 3.63) is 0 Å². The SMILES string of the molecule is COCCCS(=O)(=O)N1CCOC(CN)C1.Cl.